The predicted molar refractivity (Wildman–Crippen MR) is 75.3 cm³/mol. The zero-order valence-electron chi connectivity index (χ0n) is 10.4. The first kappa shape index (κ1) is 14.8. The minimum atomic E-state index is -0.129. The van der Waals surface area contributed by atoms with Crippen molar-refractivity contribution in [2.75, 3.05) is 13.2 Å². The molecule has 1 rings (SSSR count). The minimum absolute atomic E-state index is 0.129. The molecule has 0 N–H and O–H groups in total. The van der Waals surface area contributed by atoms with Crippen LogP contribution in [0.3, 0.4) is 0 Å². The van der Waals surface area contributed by atoms with E-state index < -0.39 is 0 Å². The highest BCUT2D eigenvalue weighted by molar-refractivity contribution is 9.08. The Labute approximate surface area is 116 Å². The van der Waals surface area contributed by atoms with Crippen molar-refractivity contribution < 1.29 is 9.47 Å². The van der Waals surface area contributed by atoms with Crippen LogP contribution in [0.15, 0.2) is 18.2 Å². The van der Waals surface area contributed by atoms with Gasteiger partial charge in [0, 0.05) is 15.9 Å². The number of ether oxygens (including phenoxy) is 2. The van der Waals surface area contributed by atoms with Crippen molar-refractivity contribution in [2.45, 2.75) is 31.7 Å². The number of benzene rings is 1. The maximum atomic E-state index is 6.07. The lowest BCUT2D eigenvalue weighted by atomic mass is 10.2. The van der Waals surface area contributed by atoms with Gasteiger partial charge in [0.1, 0.15) is 12.4 Å². The van der Waals surface area contributed by atoms with E-state index in [2.05, 4.69) is 15.9 Å². The Balaban J connectivity index is 2.49. The Kier molecular flexibility index (Phi) is 5.77. The minimum Gasteiger partial charge on any atom is -0.491 e. The summed E-state index contributed by atoms with van der Waals surface area (Å²) in [4.78, 5) is 0. The maximum Gasteiger partial charge on any atom is 0.124 e. The second-order valence-electron chi connectivity index (χ2n) is 4.66. The maximum absolute atomic E-state index is 6.07. The smallest absolute Gasteiger partial charge is 0.124 e. The molecule has 0 saturated carbocycles. The van der Waals surface area contributed by atoms with Gasteiger partial charge in [-0.3, -0.25) is 0 Å². The van der Waals surface area contributed by atoms with Gasteiger partial charge in [-0.25, -0.2) is 0 Å². The van der Waals surface area contributed by atoms with Gasteiger partial charge in [0.15, 0.2) is 0 Å². The monoisotopic (exact) mass is 320 g/mol. The third kappa shape index (κ3) is 5.28. The molecule has 1 aromatic rings. The number of halogens is 2. The fourth-order valence-corrected chi connectivity index (χ4v) is 2.28. The average molecular weight is 322 g/mol. The molecule has 0 radical (unpaired) electrons. The summed E-state index contributed by atoms with van der Waals surface area (Å²) < 4.78 is 11.2. The molecule has 1 aromatic carbocycles. The molecule has 0 aliphatic rings. The second kappa shape index (κ2) is 6.62. The molecule has 0 unspecified atom stereocenters. The summed E-state index contributed by atoms with van der Waals surface area (Å²) in [5, 5.41) is 1.40. The Hall–Kier alpha value is -0.250. The SMILES string of the molecule is CC(C)(C)OCCOc1cccc(Cl)c1CBr. The fraction of sp³-hybridized carbons (Fsp3) is 0.538. The van der Waals surface area contributed by atoms with Gasteiger partial charge in [-0.2, -0.15) is 0 Å². The van der Waals surface area contributed by atoms with Crippen molar-refractivity contribution in [3.05, 3.63) is 28.8 Å². The first-order valence-electron chi connectivity index (χ1n) is 5.54. The van der Waals surface area contributed by atoms with Crippen LogP contribution in [0.5, 0.6) is 5.75 Å². The van der Waals surface area contributed by atoms with Crippen LogP contribution in [-0.2, 0) is 10.1 Å². The van der Waals surface area contributed by atoms with Crippen LogP contribution in [0, 0.1) is 0 Å². The van der Waals surface area contributed by atoms with Gasteiger partial charge in [0.05, 0.1) is 12.2 Å². The van der Waals surface area contributed by atoms with E-state index in [0.29, 0.717) is 18.5 Å². The van der Waals surface area contributed by atoms with E-state index in [1.165, 1.54) is 0 Å². The van der Waals surface area contributed by atoms with Crippen LogP contribution in [0.2, 0.25) is 5.02 Å². The van der Waals surface area contributed by atoms with E-state index in [4.69, 9.17) is 21.1 Å². The molecule has 2 nitrogen and oxygen atoms in total. The van der Waals surface area contributed by atoms with E-state index >= 15 is 0 Å². The molecule has 0 bridgehead atoms. The second-order valence-corrected chi connectivity index (χ2v) is 5.63. The largest absolute Gasteiger partial charge is 0.491 e. The average Bonchev–Trinajstić information content (AvgIpc) is 2.23. The molecule has 0 aliphatic carbocycles. The molecule has 0 heterocycles. The van der Waals surface area contributed by atoms with Gasteiger partial charge >= 0.3 is 0 Å². The van der Waals surface area contributed by atoms with Crippen LogP contribution in [0.1, 0.15) is 26.3 Å². The lowest BCUT2D eigenvalue weighted by molar-refractivity contribution is -0.0163. The molecule has 0 aromatic heterocycles. The molecule has 96 valence electrons. The Morgan fingerprint density at radius 3 is 2.53 bits per heavy atom. The lowest BCUT2D eigenvalue weighted by Crippen LogP contribution is -2.22. The van der Waals surface area contributed by atoms with E-state index in [1.54, 1.807) is 0 Å². The van der Waals surface area contributed by atoms with Gasteiger partial charge in [-0.15, -0.1) is 0 Å². The third-order valence-electron chi connectivity index (χ3n) is 2.09. The normalized spacial score (nSPS) is 11.6. The molecule has 0 saturated heterocycles. The topological polar surface area (TPSA) is 18.5 Å². The third-order valence-corrected chi connectivity index (χ3v) is 3.00. The van der Waals surface area contributed by atoms with Crippen molar-refractivity contribution >= 4 is 27.5 Å². The molecule has 0 aliphatic heterocycles. The van der Waals surface area contributed by atoms with E-state index in [0.717, 1.165) is 16.3 Å². The fourth-order valence-electron chi connectivity index (χ4n) is 1.30. The zero-order valence-corrected chi connectivity index (χ0v) is 12.8. The summed E-state index contributed by atoms with van der Waals surface area (Å²) in [7, 11) is 0. The van der Waals surface area contributed by atoms with E-state index in [1.807, 2.05) is 39.0 Å². The summed E-state index contributed by atoms with van der Waals surface area (Å²) in [5.74, 6) is 0.812. The number of alkyl halides is 1. The van der Waals surface area contributed by atoms with Gasteiger partial charge in [-0.1, -0.05) is 33.6 Å². The van der Waals surface area contributed by atoms with Crippen molar-refractivity contribution in [1.82, 2.24) is 0 Å². The summed E-state index contributed by atoms with van der Waals surface area (Å²) >= 11 is 9.48. The van der Waals surface area contributed by atoms with Gasteiger partial charge in [0.25, 0.3) is 0 Å². The summed E-state index contributed by atoms with van der Waals surface area (Å²) in [5.41, 5.74) is 0.848. The predicted octanol–water partition coefficient (Wildman–Crippen LogP) is 4.43. The van der Waals surface area contributed by atoms with Crippen LogP contribution in [0.25, 0.3) is 0 Å². The number of rotatable bonds is 5. The number of hydrogen-bond acceptors (Lipinski definition) is 2. The molecular weight excluding hydrogens is 303 g/mol. The highest BCUT2D eigenvalue weighted by atomic mass is 79.9. The Bertz CT molecular complexity index is 361. The first-order chi connectivity index (χ1) is 7.94. The first-order valence-corrected chi connectivity index (χ1v) is 7.04. The van der Waals surface area contributed by atoms with Gasteiger partial charge in [-0.05, 0) is 32.9 Å². The molecule has 4 heteroatoms. The van der Waals surface area contributed by atoms with Crippen LogP contribution in [0.4, 0.5) is 0 Å². The van der Waals surface area contributed by atoms with Crippen molar-refractivity contribution in [3.8, 4) is 5.75 Å². The standard InChI is InChI=1S/C13H18BrClO2/c1-13(2,3)17-8-7-16-12-6-4-5-11(15)10(12)9-14/h4-6H,7-9H2,1-3H3. The van der Waals surface area contributed by atoms with E-state index in [9.17, 15) is 0 Å². The van der Waals surface area contributed by atoms with Gasteiger partial charge in [0.2, 0.25) is 0 Å². The van der Waals surface area contributed by atoms with Crippen LogP contribution < -0.4 is 4.74 Å². The van der Waals surface area contributed by atoms with E-state index in [-0.39, 0.29) is 5.60 Å². The molecule has 0 fully saturated rings. The molecule has 0 spiro atoms. The summed E-state index contributed by atoms with van der Waals surface area (Å²) in [6.07, 6.45) is 0. The molecule has 0 amide bonds. The van der Waals surface area contributed by atoms with Crippen LogP contribution >= 0.6 is 27.5 Å². The van der Waals surface area contributed by atoms with Crippen molar-refractivity contribution in [2.24, 2.45) is 0 Å². The molecule has 17 heavy (non-hydrogen) atoms. The van der Waals surface area contributed by atoms with Gasteiger partial charge < -0.3 is 9.47 Å². The Morgan fingerprint density at radius 2 is 1.94 bits per heavy atom. The van der Waals surface area contributed by atoms with Crippen molar-refractivity contribution in [3.63, 3.8) is 0 Å². The van der Waals surface area contributed by atoms with Crippen LogP contribution in [-0.4, -0.2) is 18.8 Å². The Morgan fingerprint density at radius 1 is 1.24 bits per heavy atom. The van der Waals surface area contributed by atoms with Crippen molar-refractivity contribution in [1.29, 1.82) is 0 Å². The summed E-state index contributed by atoms with van der Waals surface area (Å²) in [6.45, 7) is 7.16. The lowest BCUT2D eigenvalue weighted by Gasteiger charge is -2.20. The highest BCUT2D eigenvalue weighted by Crippen LogP contribution is 2.28. The quantitative estimate of drug-likeness (QED) is 0.590. The molecule has 0 atom stereocenters. The summed E-state index contributed by atoms with van der Waals surface area (Å²) in [6, 6.07) is 5.66. The number of hydrogen-bond donors (Lipinski definition) is 0. The highest BCUT2D eigenvalue weighted by Gasteiger charge is 2.10. The molecular formula is C13H18BrClO2. The zero-order chi connectivity index (χ0) is 12.9.